The summed E-state index contributed by atoms with van der Waals surface area (Å²) in [7, 11) is 0. The van der Waals surface area contributed by atoms with Crippen molar-refractivity contribution < 1.29 is 9.18 Å². The van der Waals surface area contributed by atoms with Crippen molar-refractivity contribution in [1.29, 1.82) is 0 Å². The van der Waals surface area contributed by atoms with Gasteiger partial charge < -0.3 is 4.90 Å². The Labute approximate surface area is 154 Å². The molecule has 7 heteroatoms. The molecule has 0 radical (unpaired) electrons. The minimum absolute atomic E-state index is 0.00975. The van der Waals surface area contributed by atoms with Crippen LogP contribution in [-0.4, -0.2) is 32.5 Å². The van der Waals surface area contributed by atoms with Crippen molar-refractivity contribution in [1.82, 2.24) is 14.8 Å². The fourth-order valence-electron chi connectivity index (χ4n) is 3.28. The smallest absolute Gasteiger partial charge is 0.237 e. The van der Waals surface area contributed by atoms with Crippen LogP contribution in [0.15, 0.2) is 60.0 Å². The second-order valence-electron chi connectivity index (χ2n) is 6.17. The number of thioether (sulfide) groups is 1. The molecule has 0 fully saturated rings. The Kier molecular flexibility index (Phi) is 4.46. The standard InChI is InChI=1S/C19H17FN4OS/c1-13-10-14-6-2-4-8-16(14)24(13)18(25)11-26-19-22-21-12-23(19)17-9-5-3-7-15(17)20/h2-9,12-13H,10-11H2,1H3/t13-/m1/s1. The monoisotopic (exact) mass is 368 g/mol. The van der Waals surface area contributed by atoms with E-state index in [1.165, 1.54) is 29.7 Å². The number of hydrogen-bond acceptors (Lipinski definition) is 4. The maximum atomic E-state index is 14.0. The van der Waals surface area contributed by atoms with Crippen molar-refractivity contribution in [3.05, 3.63) is 66.2 Å². The fourth-order valence-corrected chi connectivity index (χ4v) is 4.06. The molecule has 0 aliphatic carbocycles. The topological polar surface area (TPSA) is 51.0 Å². The van der Waals surface area contributed by atoms with E-state index in [0.29, 0.717) is 10.8 Å². The highest BCUT2D eigenvalue weighted by molar-refractivity contribution is 7.99. The maximum absolute atomic E-state index is 14.0. The first-order valence-corrected chi connectivity index (χ1v) is 9.31. The van der Waals surface area contributed by atoms with Crippen LogP contribution in [0.1, 0.15) is 12.5 Å². The largest absolute Gasteiger partial charge is 0.308 e. The van der Waals surface area contributed by atoms with Gasteiger partial charge in [-0.05, 0) is 37.1 Å². The highest BCUT2D eigenvalue weighted by atomic mass is 32.2. The molecule has 0 bridgehead atoms. The van der Waals surface area contributed by atoms with Gasteiger partial charge in [-0.25, -0.2) is 4.39 Å². The molecule has 2 heterocycles. The minimum atomic E-state index is -0.359. The summed E-state index contributed by atoms with van der Waals surface area (Å²) in [6.45, 7) is 2.05. The summed E-state index contributed by atoms with van der Waals surface area (Å²) in [5, 5.41) is 8.39. The number of fused-ring (bicyclic) bond motifs is 1. The number of anilines is 1. The predicted octanol–water partition coefficient (Wildman–Crippen LogP) is 3.48. The number of carbonyl (C=O) groups excluding carboxylic acids is 1. The molecule has 1 amide bonds. The van der Waals surface area contributed by atoms with Crippen molar-refractivity contribution in [2.75, 3.05) is 10.7 Å². The number of rotatable bonds is 4. The molecule has 1 aromatic heterocycles. The second-order valence-corrected chi connectivity index (χ2v) is 7.11. The first-order valence-electron chi connectivity index (χ1n) is 8.33. The molecule has 1 aliphatic heterocycles. The lowest BCUT2D eigenvalue weighted by atomic mass is 10.1. The van der Waals surface area contributed by atoms with Crippen LogP contribution in [0.4, 0.5) is 10.1 Å². The molecule has 5 nitrogen and oxygen atoms in total. The molecule has 0 unspecified atom stereocenters. The van der Waals surface area contributed by atoms with E-state index in [-0.39, 0.29) is 23.5 Å². The summed E-state index contributed by atoms with van der Waals surface area (Å²) in [5.41, 5.74) is 2.53. The Bertz CT molecular complexity index is 958. The van der Waals surface area contributed by atoms with E-state index in [9.17, 15) is 9.18 Å². The van der Waals surface area contributed by atoms with Crippen LogP contribution in [0.2, 0.25) is 0 Å². The van der Waals surface area contributed by atoms with Gasteiger partial charge in [0.2, 0.25) is 5.91 Å². The third-order valence-corrected chi connectivity index (χ3v) is 5.36. The minimum Gasteiger partial charge on any atom is -0.308 e. The molecule has 1 aliphatic rings. The van der Waals surface area contributed by atoms with Gasteiger partial charge in [0, 0.05) is 11.7 Å². The van der Waals surface area contributed by atoms with Gasteiger partial charge in [-0.3, -0.25) is 9.36 Å². The van der Waals surface area contributed by atoms with E-state index in [4.69, 9.17) is 0 Å². The average Bonchev–Trinajstić information content (AvgIpc) is 3.23. The maximum Gasteiger partial charge on any atom is 0.237 e. The van der Waals surface area contributed by atoms with Crippen LogP contribution in [0.25, 0.3) is 5.69 Å². The Balaban J connectivity index is 1.52. The van der Waals surface area contributed by atoms with Crippen LogP contribution in [-0.2, 0) is 11.2 Å². The van der Waals surface area contributed by atoms with Crippen LogP contribution in [0, 0.1) is 5.82 Å². The zero-order valence-corrected chi connectivity index (χ0v) is 15.0. The van der Waals surface area contributed by atoms with E-state index >= 15 is 0 Å². The Hall–Kier alpha value is -2.67. The molecular weight excluding hydrogens is 351 g/mol. The zero-order valence-electron chi connectivity index (χ0n) is 14.2. The van der Waals surface area contributed by atoms with E-state index in [2.05, 4.69) is 16.3 Å². The number of amides is 1. The highest BCUT2D eigenvalue weighted by Gasteiger charge is 2.30. The lowest BCUT2D eigenvalue weighted by Gasteiger charge is -2.22. The first-order chi connectivity index (χ1) is 12.6. The molecule has 0 N–H and O–H groups in total. The van der Waals surface area contributed by atoms with Crippen molar-refractivity contribution in [2.45, 2.75) is 24.5 Å². The van der Waals surface area contributed by atoms with E-state index in [0.717, 1.165) is 12.1 Å². The van der Waals surface area contributed by atoms with Crippen molar-refractivity contribution in [2.24, 2.45) is 0 Å². The second kappa shape index (κ2) is 6.92. The van der Waals surface area contributed by atoms with Crippen LogP contribution in [0.5, 0.6) is 0 Å². The van der Waals surface area contributed by atoms with E-state index in [1.807, 2.05) is 30.0 Å². The van der Waals surface area contributed by atoms with Crippen LogP contribution >= 0.6 is 11.8 Å². The molecule has 1 atom stereocenters. The average molecular weight is 368 g/mol. The summed E-state index contributed by atoms with van der Waals surface area (Å²) in [6, 6.07) is 14.5. The van der Waals surface area contributed by atoms with Gasteiger partial charge in [-0.2, -0.15) is 0 Å². The summed E-state index contributed by atoms with van der Waals surface area (Å²) in [4.78, 5) is 14.6. The van der Waals surface area contributed by atoms with Gasteiger partial charge in [-0.15, -0.1) is 10.2 Å². The summed E-state index contributed by atoms with van der Waals surface area (Å²) in [6.07, 6.45) is 2.32. The number of halogens is 1. The van der Waals surface area contributed by atoms with Gasteiger partial charge >= 0.3 is 0 Å². The quantitative estimate of drug-likeness (QED) is 0.662. The van der Waals surface area contributed by atoms with Crippen LogP contribution in [0.3, 0.4) is 0 Å². The summed E-state index contributed by atoms with van der Waals surface area (Å²) in [5.74, 6) is -0.135. The third-order valence-electron chi connectivity index (χ3n) is 4.43. The molecule has 4 rings (SSSR count). The number of aromatic nitrogens is 3. The summed E-state index contributed by atoms with van der Waals surface area (Å²) >= 11 is 1.26. The van der Waals surface area contributed by atoms with Crippen molar-refractivity contribution in [3.63, 3.8) is 0 Å². The van der Waals surface area contributed by atoms with Gasteiger partial charge in [-0.1, -0.05) is 42.1 Å². The molecule has 0 saturated heterocycles. The molecule has 3 aromatic rings. The number of benzene rings is 2. The molecule has 0 spiro atoms. The Morgan fingerprint density at radius 3 is 2.73 bits per heavy atom. The van der Waals surface area contributed by atoms with Gasteiger partial charge in [0.05, 0.1) is 11.4 Å². The third kappa shape index (κ3) is 2.99. The van der Waals surface area contributed by atoms with Crippen molar-refractivity contribution >= 4 is 23.4 Å². The highest BCUT2D eigenvalue weighted by Crippen LogP contribution is 2.33. The molecule has 26 heavy (non-hydrogen) atoms. The summed E-state index contributed by atoms with van der Waals surface area (Å²) < 4.78 is 15.6. The number of para-hydroxylation sites is 2. The van der Waals surface area contributed by atoms with Crippen molar-refractivity contribution in [3.8, 4) is 5.69 Å². The normalized spacial score (nSPS) is 15.9. The lowest BCUT2D eigenvalue weighted by Crippen LogP contribution is -2.37. The Morgan fingerprint density at radius 2 is 1.92 bits per heavy atom. The molecular formula is C19H17FN4OS. The van der Waals surface area contributed by atoms with Gasteiger partial charge in [0.15, 0.2) is 5.16 Å². The predicted molar refractivity (Wildman–Crippen MR) is 99.1 cm³/mol. The lowest BCUT2D eigenvalue weighted by molar-refractivity contribution is -0.116. The fraction of sp³-hybridized carbons (Fsp3) is 0.211. The zero-order chi connectivity index (χ0) is 18.1. The Morgan fingerprint density at radius 1 is 1.19 bits per heavy atom. The SMILES string of the molecule is C[C@@H]1Cc2ccccc2N1C(=O)CSc1nncn1-c1ccccc1F. The van der Waals surface area contributed by atoms with Gasteiger partial charge in [0.1, 0.15) is 12.1 Å². The van der Waals surface area contributed by atoms with E-state index in [1.54, 1.807) is 22.8 Å². The molecule has 0 saturated carbocycles. The van der Waals surface area contributed by atoms with Gasteiger partial charge in [0.25, 0.3) is 0 Å². The molecule has 2 aromatic carbocycles. The number of carbonyl (C=O) groups is 1. The molecule has 132 valence electrons. The number of hydrogen-bond donors (Lipinski definition) is 0. The van der Waals surface area contributed by atoms with Crippen LogP contribution < -0.4 is 4.90 Å². The number of nitrogens with zero attached hydrogens (tertiary/aromatic N) is 4. The van der Waals surface area contributed by atoms with E-state index < -0.39 is 0 Å². The first kappa shape index (κ1) is 16.8.